The number of halogens is 2. The van der Waals surface area contributed by atoms with Gasteiger partial charge in [-0.3, -0.25) is 4.98 Å². The number of hydrogen-bond acceptors (Lipinski definition) is 6. The molecule has 0 spiro atoms. The van der Waals surface area contributed by atoms with Gasteiger partial charge < -0.3 is 15.7 Å². The van der Waals surface area contributed by atoms with Crippen LogP contribution in [0.4, 0.5) is 21.8 Å². The second kappa shape index (κ2) is 8.37. The van der Waals surface area contributed by atoms with E-state index < -0.39 is 0 Å². The number of benzene rings is 1. The first kappa shape index (κ1) is 18.5. The molecule has 2 heterocycles. The van der Waals surface area contributed by atoms with E-state index in [1.807, 2.05) is 25.1 Å². The van der Waals surface area contributed by atoms with Crippen molar-refractivity contribution in [2.45, 2.75) is 13.0 Å². The van der Waals surface area contributed by atoms with Crippen molar-refractivity contribution in [3.63, 3.8) is 0 Å². The van der Waals surface area contributed by atoms with E-state index in [0.29, 0.717) is 23.1 Å². The number of anilines is 3. The molecular weight excluding hydrogens is 448 g/mol. The van der Waals surface area contributed by atoms with E-state index in [1.54, 1.807) is 24.5 Å². The molecular formula is C18H17FIN5O. The maximum atomic E-state index is 14.2. The van der Waals surface area contributed by atoms with Gasteiger partial charge in [-0.1, -0.05) is 0 Å². The molecule has 26 heavy (non-hydrogen) atoms. The highest BCUT2D eigenvalue weighted by atomic mass is 127. The third-order valence-electron chi connectivity index (χ3n) is 3.53. The Morgan fingerprint density at radius 3 is 2.77 bits per heavy atom. The molecule has 3 N–H and O–H groups in total. The first-order chi connectivity index (χ1) is 12.5. The van der Waals surface area contributed by atoms with Crippen LogP contribution in [0.2, 0.25) is 0 Å². The van der Waals surface area contributed by atoms with E-state index >= 15 is 0 Å². The fraction of sp³-hybridized carbons (Fsp3) is 0.167. The lowest BCUT2D eigenvalue weighted by molar-refractivity contribution is 0.281. The highest BCUT2D eigenvalue weighted by Crippen LogP contribution is 2.25. The third-order valence-corrected chi connectivity index (χ3v) is 4.20. The summed E-state index contributed by atoms with van der Waals surface area (Å²) in [7, 11) is 0. The number of nitrogens with zero attached hydrogens (tertiary/aromatic N) is 3. The molecule has 0 aliphatic carbocycles. The zero-order valence-corrected chi connectivity index (χ0v) is 16.1. The van der Waals surface area contributed by atoms with Gasteiger partial charge in [0, 0.05) is 33.6 Å². The summed E-state index contributed by atoms with van der Waals surface area (Å²) in [6.07, 6.45) is 3.37. The first-order valence-corrected chi connectivity index (χ1v) is 9.02. The van der Waals surface area contributed by atoms with Crippen molar-refractivity contribution in [1.29, 1.82) is 0 Å². The molecule has 0 saturated heterocycles. The van der Waals surface area contributed by atoms with Gasteiger partial charge in [-0.15, -0.1) is 0 Å². The Morgan fingerprint density at radius 1 is 1.23 bits per heavy atom. The van der Waals surface area contributed by atoms with Crippen LogP contribution in [0, 0.1) is 9.39 Å². The minimum Gasteiger partial charge on any atom is -0.394 e. The Balaban J connectivity index is 1.98. The molecule has 1 atom stereocenters. The van der Waals surface area contributed by atoms with Crippen molar-refractivity contribution in [2.75, 3.05) is 17.2 Å². The molecule has 8 heteroatoms. The smallest absolute Gasteiger partial charge is 0.225 e. The van der Waals surface area contributed by atoms with Gasteiger partial charge in [0.2, 0.25) is 5.95 Å². The molecule has 0 unspecified atom stereocenters. The average Bonchev–Trinajstić information content (AvgIpc) is 2.64. The zero-order valence-electron chi connectivity index (χ0n) is 13.9. The molecule has 3 rings (SSSR count). The molecule has 0 saturated carbocycles. The van der Waals surface area contributed by atoms with E-state index in [9.17, 15) is 9.50 Å². The summed E-state index contributed by atoms with van der Waals surface area (Å²) < 4.78 is 15.0. The molecule has 6 nitrogen and oxygen atoms in total. The molecule has 0 bridgehead atoms. The molecule has 1 aromatic carbocycles. The van der Waals surface area contributed by atoms with Gasteiger partial charge in [0.1, 0.15) is 11.6 Å². The molecule has 0 radical (unpaired) electrons. The van der Waals surface area contributed by atoms with Crippen LogP contribution in [0.15, 0.2) is 48.8 Å². The van der Waals surface area contributed by atoms with Crippen LogP contribution in [-0.2, 0) is 0 Å². The zero-order chi connectivity index (χ0) is 18.5. The Morgan fingerprint density at radius 2 is 2.08 bits per heavy atom. The highest BCUT2D eigenvalue weighted by Gasteiger charge is 2.11. The number of aliphatic hydroxyl groups is 1. The second-order valence-corrected chi connectivity index (χ2v) is 6.93. The van der Waals surface area contributed by atoms with Crippen molar-refractivity contribution < 1.29 is 9.50 Å². The van der Waals surface area contributed by atoms with Gasteiger partial charge in [-0.05, 0) is 59.8 Å². The van der Waals surface area contributed by atoms with Crippen molar-refractivity contribution in [3.8, 4) is 11.3 Å². The van der Waals surface area contributed by atoms with Crippen LogP contribution in [0.5, 0.6) is 0 Å². The van der Waals surface area contributed by atoms with Crippen molar-refractivity contribution in [1.82, 2.24) is 15.0 Å². The van der Waals surface area contributed by atoms with Gasteiger partial charge in [-0.25, -0.2) is 9.37 Å². The van der Waals surface area contributed by atoms with E-state index in [2.05, 4.69) is 48.2 Å². The summed E-state index contributed by atoms with van der Waals surface area (Å²) in [5.74, 6) is 0.407. The quantitative estimate of drug-likeness (QED) is 0.481. The maximum Gasteiger partial charge on any atom is 0.225 e. The summed E-state index contributed by atoms with van der Waals surface area (Å²) in [6.45, 7) is 1.75. The van der Waals surface area contributed by atoms with Crippen LogP contribution < -0.4 is 10.6 Å². The monoisotopic (exact) mass is 465 g/mol. The first-order valence-electron chi connectivity index (χ1n) is 7.94. The lowest BCUT2D eigenvalue weighted by Crippen LogP contribution is -2.21. The largest absolute Gasteiger partial charge is 0.394 e. The lowest BCUT2D eigenvalue weighted by atomic mass is 10.2. The number of nitrogens with one attached hydrogen (secondary N) is 2. The summed E-state index contributed by atoms with van der Waals surface area (Å²) in [6, 6.07) is 10.1. The van der Waals surface area contributed by atoms with Crippen LogP contribution in [0.3, 0.4) is 0 Å². The highest BCUT2D eigenvalue weighted by molar-refractivity contribution is 14.1. The minimum absolute atomic E-state index is 0.0605. The minimum atomic E-state index is -0.364. The predicted octanol–water partition coefficient (Wildman–Crippen LogP) is 3.82. The van der Waals surface area contributed by atoms with E-state index in [-0.39, 0.29) is 18.5 Å². The normalized spacial score (nSPS) is 11.8. The summed E-state index contributed by atoms with van der Waals surface area (Å²) in [5.41, 5.74) is 1.76. The number of pyridine rings is 1. The molecule has 134 valence electrons. The SMILES string of the molecule is C[C@H](CO)Nc1nc(Nc2ccc(I)cc2F)cc(-c2cccnc2)n1. The van der Waals surface area contributed by atoms with Gasteiger partial charge in [-0.2, -0.15) is 4.98 Å². The van der Waals surface area contributed by atoms with Crippen molar-refractivity contribution in [3.05, 3.63) is 58.2 Å². The Bertz CT molecular complexity index is 894. The molecule has 0 aliphatic rings. The van der Waals surface area contributed by atoms with E-state index in [4.69, 9.17) is 0 Å². The summed E-state index contributed by atoms with van der Waals surface area (Å²) in [5, 5.41) is 15.3. The standard InChI is InChI=1S/C18H17FIN5O/c1-11(10-26)22-18-24-16(12-3-2-6-21-9-12)8-17(25-18)23-15-5-4-13(20)7-14(15)19/h2-9,11,26H,10H2,1H3,(H2,22,23,24,25)/t11-/m1/s1. The molecule has 0 amide bonds. The van der Waals surface area contributed by atoms with Crippen LogP contribution in [0.1, 0.15) is 6.92 Å². The number of rotatable bonds is 6. The Kier molecular flexibility index (Phi) is 5.94. The van der Waals surface area contributed by atoms with E-state index in [1.165, 1.54) is 6.07 Å². The lowest BCUT2D eigenvalue weighted by Gasteiger charge is -2.14. The van der Waals surface area contributed by atoms with Gasteiger partial charge >= 0.3 is 0 Å². The summed E-state index contributed by atoms with van der Waals surface area (Å²) >= 11 is 2.05. The molecule has 3 aromatic rings. The fourth-order valence-corrected chi connectivity index (χ4v) is 2.69. The van der Waals surface area contributed by atoms with E-state index in [0.717, 1.165) is 9.13 Å². The van der Waals surface area contributed by atoms with Crippen LogP contribution in [0.25, 0.3) is 11.3 Å². The molecule has 2 aromatic heterocycles. The number of hydrogen-bond donors (Lipinski definition) is 3. The number of aliphatic hydroxyl groups excluding tert-OH is 1. The number of aromatic nitrogens is 3. The topological polar surface area (TPSA) is 83.0 Å². The van der Waals surface area contributed by atoms with Gasteiger partial charge in [0.25, 0.3) is 0 Å². The predicted molar refractivity (Wildman–Crippen MR) is 108 cm³/mol. The molecule has 0 aliphatic heterocycles. The average molecular weight is 465 g/mol. The maximum absolute atomic E-state index is 14.2. The van der Waals surface area contributed by atoms with Crippen molar-refractivity contribution in [2.24, 2.45) is 0 Å². The molecule has 0 fully saturated rings. The van der Waals surface area contributed by atoms with Crippen molar-refractivity contribution >= 4 is 40.0 Å². The summed E-state index contributed by atoms with van der Waals surface area (Å²) in [4.78, 5) is 12.9. The van der Waals surface area contributed by atoms with Gasteiger partial charge in [0.05, 0.1) is 18.0 Å². The third kappa shape index (κ3) is 4.64. The Hall–Kier alpha value is -2.33. The van der Waals surface area contributed by atoms with Gasteiger partial charge in [0.15, 0.2) is 0 Å². The van der Waals surface area contributed by atoms with Crippen LogP contribution in [-0.4, -0.2) is 32.7 Å². The second-order valence-electron chi connectivity index (χ2n) is 5.68. The van der Waals surface area contributed by atoms with Crippen LogP contribution >= 0.6 is 22.6 Å². The fourth-order valence-electron chi connectivity index (χ4n) is 2.23. The Labute approximate surface area is 164 Å².